The number of carbonyl (C=O) groups excluding carboxylic acids is 5. The Morgan fingerprint density at radius 3 is 1.44 bits per heavy atom. The fourth-order valence-electron chi connectivity index (χ4n) is 3.47. The van der Waals surface area contributed by atoms with Gasteiger partial charge in [-0.25, -0.2) is 0 Å². The van der Waals surface area contributed by atoms with Gasteiger partial charge in [-0.3, -0.25) is 24.0 Å². The summed E-state index contributed by atoms with van der Waals surface area (Å²) in [5, 5.41) is 0. The molecule has 45 heavy (non-hydrogen) atoms. The lowest BCUT2D eigenvalue weighted by atomic mass is 9.89. The Bertz CT molecular complexity index is 1190. The van der Waals surface area contributed by atoms with Gasteiger partial charge < -0.3 is 28.4 Å². The molecule has 0 aromatic heterocycles. The minimum Gasteiger partial charge on any atom is -0.462 e. The summed E-state index contributed by atoms with van der Waals surface area (Å²) in [4.78, 5) is 65.8. The quantitative estimate of drug-likeness (QED) is 0.166. The van der Waals surface area contributed by atoms with E-state index in [4.69, 9.17) is 28.4 Å². The number of hydrogen-bond donors (Lipinski definition) is 0. The van der Waals surface area contributed by atoms with E-state index in [0.717, 1.165) is 6.92 Å². The first kappa shape index (κ1) is 40.1. The molecule has 5 atom stereocenters. The Kier molecular flexibility index (Phi) is 12.3. The lowest BCUT2D eigenvalue weighted by Crippen LogP contribution is -2.69. The standard InChI is InChI=1S/C33H54O11Si/c1-20(34)43-33(17-18-45(14,15)16)24(42-28(38)32(11,12)13)23(41-27(37)31(8,9)10)22(40-26(36)30(5,6)7)21(44-33)19-39-25(35)29(2,3)4/h21-24H,19H2,1-16H3/t21-,22-,23+,24-,33?/m1/s1. The number of esters is 5. The number of ether oxygens (including phenoxy) is 6. The maximum atomic E-state index is 13.5. The molecule has 1 rings (SSSR count). The molecular formula is C33H54O11Si. The molecule has 0 amide bonds. The van der Waals surface area contributed by atoms with Gasteiger partial charge in [0.05, 0.1) is 21.7 Å². The molecule has 1 unspecified atom stereocenters. The Morgan fingerprint density at radius 2 is 1.07 bits per heavy atom. The monoisotopic (exact) mass is 654 g/mol. The van der Waals surface area contributed by atoms with Gasteiger partial charge in [-0.2, -0.15) is 0 Å². The van der Waals surface area contributed by atoms with Gasteiger partial charge in [-0.05, 0) is 89.0 Å². The molecule has 0 aliphatic carbocycles. The Hall–Kier alpha value is -2.91. The number of carbonyl (C=O) groups is 5. The van der Waals surface area contributed by atoms with Crippen molar-refractivity contribution in [3.05, 3.63) is 0 Å². The van der Waals surface area contributed by atoms with Crippen LogP contribution in [0.1, 0.15) is 90.0 Å². The highest BCUT2D eigenvalue weighted by molar-refractivity contribution is 6.83. The van der Waals surface area contributed by atoms with Crippen LogP contribution in [-0.4, -0.2) is 74.7 Å². The Morgan fingerprint density at radius 1 is 0.667 bits per heavy atom. The molecule has 11 nitrogen and oxygen atoms in total. The van der Waals surface area contributed by atoms with E-state index in [1.54, 1.807) is 83.1 Å². The van der Waals surface area contributed by atoms with Crippen LogP contribution in [0.3, 0.4) is 0 Å². The van der Waals surface area contributed by atoms with E-state index in [2.05, 4.69) is 11.5 Å². The second-order valence-electron chi connectivity index (χ2n) is 16.6. The average Bonchev–Trinajstić information content (AvgIpc) is 2.81. The zero-order valence-electron chi connectivity index (χ0n) is 30.0. The summed E-state index contributed by atoms with van der Waals surface area (Å²) in [6.45, 7) is 26.0. The Balaban J connectivity index is 4.19. The van der Waals surface area contributed by atoms with Gasteiger partial charge in [0, 0.05) is 6.92 Å². The lowest BCUT2D eigenvalue weighted by Gasteiger charge is -2.49. The Labute approximate surface area is 269 Å². The van der Waals surface area contributed by atoms with Gasteiger partial charge in [0.15, 0.2) is 12.2 Å². The molecule has 1 fully saturated rings. The summed E-state index contributed by atoms with van der Waals surface area (Å²) in [6.07, 6.45) is -6.17. The van der Waals surface area contributed by atoms with Crippen LogP contribution < -0.4 is 0 Å². The van der Waals surface area contributed by atoms with Crippen molar-refractivity contribution in [1.82, 2.24) is 0 Å². The summed E-state index contributed by atoms with van der Waals surface area (Å²) >= 11 is 0. The molecular weight excluding hydrogens is 600 g/mol. The van der Waals surface area contributed by atoms with Crippen molar-refractivity contribution in [2.24, 2.45) is 21.7 Å². The molecule has 0 radical (unpaired) electrons. The van der Waals surface area contributed by atoms with Crippen LogP contribution in [0.5, 0.6) is 0 Å². The third-order valence-corrected chi connectivity index (χ3v) is 7.02. The minimum absolute atomic E-state index is 0.501. The zero-order valence-corrected chi connectivity index (χ0v) is 31.0. The molecule has 256 valence electrons. The molecule has 0 aromatic rings. The summed E-state index contributed by atoms with van der Waals surface area (Å²) in [6, 6.07) is 0. The molecule has 12 heteroatoms. The van der Waals surface area contributed by atoms with Crippen molar-refractivity contribution in [2.45, 2.75) is 140 Å². The first-order chi connectivity index (χ1) is 19.9. The second-order valence-corrected chi connectivity index (χ2v) is 21.3. The number of hydrogen-bond acceptors (Lipinski definition) is 11. The maximum absolute atomic E-state index is 13.5. The van der Waals surface area contributed by atoms with Gasteiger partial charge >= 0.3 is 35.6 Å². The van der Waals surface area contributed by atoms with E-state index in [-0.39, 0.29) is 0 Å². The molecule has 0 bridgehead atoms. The van der Waals surface area contributed by atoms with Crippen LogP contribution in [0.2, 0.25) is 19.6 Å². The van der Waals surface area contributed by atoms with E-state index >= 15 is 0 Å². The topological polar surface area (TPSA) is 141 Å². The van der Waals surface area contributed by atoms with Crippen LogP contribution >= 0.6 is 0 Å². The molecule has 1 heterocycles. The van der Waals surface area contributed by atoms with Crippen molar-refractivity contribution in [3.63, 3.8) is 0 Å². The first-order valence-corrected chi connectivity index (χ1v) is 18.6. The summed E-state index contributed by atoms with van der Waals surface area (Å²) in [5.41, 5.74) is -0.937. The van der Waals surface area contributed by atoms with Crippen molar-refractivity contribution in [1.29, 1.82) is 0 Å². The first-order valence-electron chi connectivity index (χ1n) is 15.1. The highest BCUT2D eigenvalue weighted by Gasteiger charge is 2.63. The van der Waals surface area contributed by atoms with Crippen molar-refractivity contribution < 1.29 is 52.4 Å². The zero-order chi connectivity index (χ0) is 35.6. The molecule has 0 N–H and O–H groups in total. The molecule has 0 saturated carbocycles. The lowest BCUT2D eigenvalue weighted by molar-refractivity contribution is -0.333. The van der Waals surface area contributed by atoms with E-state index in [9.17, 15) is 24.0 Å². The predicted octanol–water partition coefficient (Wildman–Crippen LogP) is 4.99. The normalized spacial score (nSPS) is 24.4. The highest BCUT2D eigenvalue weighted by Crippen LogP contribution is 2.40. The van der Waals surface area contributed by atoms with Gasteiger partial charge in [0.1, 0.15) is 20.8 Å². The molecule has 1 aliphatic heterocycles. The van der Waals surface area contributed by atoms with E-state index < -0.39 is 96.4 Å². The highest BCUT2D eigenvalue weighted by atomic mass is 28.3. The largest absolute Gasteiger partial charge is 0.462 e. The molecule has 1 saturated heterocycles. The molecule has 0 aromatic carbocycles. The van der Waals surface area contributed by atoms with Crippen molar-refractivity contribution in [2.75, 3.05) is 6.61 Å². The van der Waals surface area contributed by atoms with E-state index in [1.165, 1.54) is 0 Å². The fraction of sp³-hybridized carbons (Fsp3) is 0.788. The third-order valence-electron chi connectivity index (χ3n) is 6.15. The van der Waals surface area contributed by atoms with Crippen LogP contribution in [0.4, 0.5) is 0 Å². The third kappa shape index (κ3) is 11.8. The summed E-state index contributed by atoms with van der Waals surface area (Å²) in [7, 11) is -2.23. The number of rotatable bonds is 6. The van der Waals surface area contributed by atoms with E-state index in [0.29, 0.717) is 0 Å². The van der Waals surface area contributed by atoms with Gasteiger partial charge in [-0.1, -0.05) is 19.6 Å². The van der Waals surface area contributed by atoms with Gasteiger partial charge in [0.25, 0.3) is 0 Å². The second kappa shape index (κ2) is 13.8. The fourth-order valence-corrected chi connectivity index (χ4v) is 4.02. The smallest absolute Gasteiger partial charge is 0.319 e. The van der Waals surface area contributed by atoms with E-state index in [1.807, 2.05) is 19.6 Å². The van der Waals surface area contributed by atoms with Crippen molar-refractivity contribution in [3.8, 4) is 11.5 Å². The summed E-state index contributed by atoms with van der Waals surface area (Å²) < 4.78 is 35.7. The van der Waals surface area contributed by atoms with Gasteiger partial charge in [-0.15, -0.1) is 5.54 Å². The SMILES string of the molecule is CC(=O)OC1(C#C[Si](C)(C)C)O[C@H](COC(=O)C(C)(C)C)[C@@H](OC(=O)C(C)(C)C)[C@H](OC(=O)C(C)(C)C)[C@H]1OC(=O)C(C)(C)C. The van der Waals surface area contributed by atoms with Gasteiger partial charge in [0.2, 0.25) is 6.10 Å². The minimum atomic E-state index is -2.33. The maximum Gasteiger partial charge on any atom is 0.319 e. The average molecular weight is 655 g/mol. The molecule has 1 aliphatic rings. The van der Waals surface area contributed by atoms with Crippen molar-refractivity contribution >= 4 is 37.9 Å². The molecule has 0 spiro atoms. The van der Waals surface area contributed by atoms with Crippen LogP contribution in [0, 0.1) is 33.1 Å². The summed E-state index contributed by atoms with van der Waals surface area (Å²) in [5.74, 6) is -3.05. The van der Waals surface area contributed by atoms with Crippen LogP contribution in [0.15, 0.2) is 0 Å². The predicted molar refractivity (Wildman–Crippen MR) is 169 cm³/mol. The van der Waals surface area contributed by atoms with Crippen LogP contribution in [-0.2, 0) is 52.4 Å². The van der Waals surface area contributed by atoms with Crippen LogP contribution in [0.25, 0.3) is 0 Å².